The van der Waals surface area contributed by atoms with Crippen molar-refractivity contribution < 1.29 is 14.2 Å². The number of aliphatic hydroxyl groups is 1. The van der Waals surface area contributed by atoms with Crippen LogP contribution in [0.4, 0.5) is 4.39 Å². The SMILES string of the molecule is CCNC(=NCc1ncc(CC)s1)NCC(O)COc1ccc(F)cc1.I. The molecule has 2 rings (SSSR count). The highest BCUT2D eigenvalue weighted by Crippen LogP contribution is 2.14. The van der Waals surface area contributed by atoms with E-state index >= 15 is 0 Å². The van der Waals surface area contributed by atoms with Crippen molar-refractivity contribution in [3.8, 4) is 5.75 Å². The molecule has 0 fully saturated rings. The van der Waals surface area contributed by atoms with Gasteiger partial charge in [-0.15, -0.1) is 35.3 Å². The Morgan fingerprint density at radius 3 is 2.67 bits per heavy atom. The maximum Gasteiger partial charge on any atom is 0.191 e. The fourth-order valence-corrected chi connectivity index (χ4v) is 2.86. The van der Waals surface area contributed by atoms with E-state index in [0.29, 0.717) is 24.8 Å². The minimum Gasteiger partial charge on any atom is -0.491 e. The molecule has 0 spiro atoms. The Labute approximate surface area is 180 Å². The molecular weight excluding hydrogens is 482 g/mol. The third-order valence-electron chi connectivity index (χ3n) is 3.43. The molecule has 0 bridgehead atoms. The highest BCUT2D eigenvalue weighted by Gasteiger charge is 2.08. The zero-order valence-electron chi connectivity index (χ0n) is 15.4. The minimum atomic E-state index is -0.726. The molecule has 27 heavy (non-hydrogen) atoms. The predicted octanol–water partition coefficient (Wildman–Crippen LogP) is 2.96. The van der Waals surface area contributed by atoms with Crippen LogP contribution in [0.1, 0.15) is 23.7 Å². The number of aromatic nitrogens is 1. The lowest BCUT2D eigenvalue weighted by atomic mass is 10.3. The summed E-state index contributed by atoms with van der Waals surface area (Å²) in [4.78, 5) is 10.1. The van der Waals surface area contributed by atoms with E-state index in [4.69, 9.17) is 4.74 Å². The van der Waals surface area contributed by atoms with Crippen LogP contribution in [0.3, 0.4) is 0 Å². The quantitative estimate of drug-likeness (QED) is 0.276. The molecule has 150 valence electrons. The second-order valence-electron chi connectivity index (χ2n) is 5.57. The zero-order valence-corrected chi connectivity index (χ0v) is 18.6. The monoisotopic (exact) mass is 508 g/mol. The van der Waals surface area contributed by atoms with E-state index in [1.54, 1.807) is 11.3 Å². The number of aliphatic imine (C=N–C) groups is 1. The molecule has 9 heteroatoms. The first kappa shape index (κ1) is 23.6. The number of hydrogen-bond acceptors (Lipinski definition) is 5. The minimum absolute atomic E-state index is 0. The van der Waals surface area contributed by atoms with Gasteiger partial charge in [0, 0.05) is 24.2 Å². The van der Waals surface area contributed by atoms with Crippen molar-refractivity contribution >= 4 is 41.3 Å². The predicted molar refractivity (Wildman–Crippen MR) is 118 cm³/mol. The molecule has 1 aromatic heterocycles. The summed E-state index contributed by atoms with van der Waals surface area (Å²) in [5.74, 6) is 0.806. The molecule has 2 aromatic rings. The van der Waals surface area contributed by atoms with Gasteiger partial charge in [0.05, 0.1) is 6.54 Å². The summed E-state index contributed by atoms with van der Waals surface area (Å²) < 4.78 is 18.3. The first-order valence-electron chi connectivity index (χ1n) is 8.62. The Balaban J connectivity index is 0.00000364. The number of ether oxygens (including phenoxy) is 1. The number of hydrogen-bond donors (Lipinski definition) is 3. The smallest absolute Gasteiger partial charge is 0.191 e. The topological polar surface area (TPSA) is 78.8 Å². The number of guanidine groups is 1. The highest BCUT2D eigenvalue weighted by atomic mass is 127. The van der Waals surface area contributed by atoms with Crippen LogP contribution in [0.15, 0.2) is 35.5 Å². The molecular formula is C18H26FIN4O2S. The first-order valence-corrected chi connectivity index (χ1v) is 9.44. The molecule has 1 atom stereocenters. The van der Waals surface area contributed by atoms with E-state index in [1.165, 1.54) is 29.1 Å². The number of aryl methyl sites for hydroxylation is 1. The Morgan fingerprint density at radius 2 is 2.04 bits per heavy atom. The second-order valence-corrected chi connectivity index (χ2v) is 6.77. The second kappa shape index (κ2) is 12.8. The van der Waals surface area contributed by atoms with Crippen molar-refractivity contribution in [2.45, 2.75) is 32.9 Å². The average molecular weight is 508 g/mol. The lowest BCUT2D eigenvalue weighted by Crippen LogP contribution is -2.42. The summed E-state index contributed by atoms with van der Waals surface area (Å²) in [5.41, 5.74) is 0. The molecule has 0 aliphatic heterocycles. The van der Waals surface area contributed by atoms with E-state index in [-0.39, 0.29) is 42.9 Å². The van der Waals surface area contributed by atoms with Crippen LogP contribution in [0.5, 0.6) is 5.75 Å². The zero-order chi connectivity index (χ0) is 18.8. The summed E-state index contributed by atoms with van der Waals surface area (Å²) in [6.45, 7) is 5.66. The van der Waals surface area contributed by atoms with E-state index in [0.717, 1.165) is 11.4 Å². The van der Waals surface area contributed by atoms with Crippen molar-refractivity contribution in [2.75, 3.05) is 19.7 Å². The van der Waals surface area contributed by atoms with Crippen molar-refractivity contribution in [2.24, 2.45) is 4.99 Å². The van der Waals surface area contributed by atoms with E-state index in [2.05, 4.69) is 27.5 Å². The van der Waals surface area contributed by atoms with Crippen LogP contribution in [-0.2, 0) is 13.0 Å². The largest absolute Gasteiger partial charge is 0.491 e. The number of aliphatic hydroxyl groups excluding tert-OH is 1. The van der Waals surface area contributed by atoms with Gasteiger partial charge in [-0.25, -0.2) is 14.4 Å². The van der Waals surface area contributed by atoms with E-state index in [9.17, 15) is 9.50 Å². The maximum atomic E-state index is 12.8. The number of thiazole rings is 1. The maximum absolute atomic E-state index is 12.8. The summed E-state index contributed by atoms with van der Waals surface area (Å²) >= 11 is 1.65. The molecule has 0 radical (unpaired) electrons. The van der Waals surface area contributed by atoms with Gasteiger partial charge in [-0.3, -0.25) is 0 Å². The fourth-order valence-electron chi connectivity index (χ4n) is 2.07. The van der Waals surface area contributed by atoms with Crippen LogP contribution in [0.25, 0.3) is 0 Å². The lowest BCUT2D eigenvalue weighted by molar-refractivity contribution is 0.110. The van der Waals surface area contributed by atoms with Gasteiger partial charge in [-0.2, -0.15) is 0 Å². The van der Waals surface area contributed by atoms with Crippen molar-refractivity contribution in [1.29, 1.82) is 0 Å². The van der Waals surface area contributed by atoms with Gasteiger partial charge in [0.25, 0.3) is 0 Å². The summed E-state index contributed by atoms with van der Waals surface area (Å²) in [7, 11) is 0. The molecule has 0 amide bonds. The van der Waals surface area contributed by atoms with Crippen LogP contribution in [0, 0.1) is 5.82 Å². The van der Waals surface area contributed by atoms with Crippen LogP contribution in [0.2, 0.25) is 0 Å². The highest BCUT2D eigenvalue weighted by molar-refractivity contribution is 14.0. The van der Waals surface area contributed by atoms with Gasteiger partial charge in [0.15, 0.2) is 5.96 Å². The molecule has 0 aliphatic rings. The summed E-state index contributed by atoms with van der Waals surface area (Å²) in [6, 6.07) is 5.69. The normalized spacial score (nSPS) is 12.2. The van der Waals surface area contributed by atoms with Crippen LogP contribution < -0.4 is 15.4 Å². The van der Waals surface area contributed by atoms with Crippen molar-refractivity contribution in [1.82, 2.24) is 15.6 Å². The van der Waals surface area contributed by atoms with Gasteiger partial charge < -0.3 is 20.5 Å². The standard InChI is InChI=1S/C18H25FN4O2S.HI/c1-3-16-10-21-17(26-16)11-23-18(20-4-2)22-9-14(24)12-25-15-7-5-13(19)6-8-15;/h5-8,10,14,24H,3-4,9,11-12H2,1-2H3,(H2,20,22,23);1H. The first-order chi connectivity index (χ1) is 12.6. The number of benzene rings is 1. The Bertz CT molecular complexity index is 697. The number of halogens is 2. The summed E-state index contributed by atoms with van der Waals surface area (Å²) in [6.07, 6.45) is 2.13. The fraction of sp³-hybridized carbons (Fsp3) is 0.444. The number of nitrogens with one attached hydrogen (secondary N) is 2. The van der Waals surface area contributed by atoms with Crippen LogP contribution >= 0.6 is 35.3 Å². The third-order valence-corrected chi connectivity index (χ3v) is 4.55. The molecule has 0 saturated heterocycles. The van der Waals surface area contributed by atoms with Gasteiger partial charge in [0.2, 0.25) is 0 Å². The molecule has 0 aliphatic carbocycles. The molecule has 3 N–H and O–H groups in total. The van der Waals surface area contributed by atoms with Gasteiger partial charge >= 0.3 is 0 Å². The van der Waals surface area contributed by atoms with Gasteiger partial charge in [0.1, 0.15) is 29.3 Å². The Hall–Kier alpha value is -1.46. The number of rotatable bonds is 9. The molecule has 1 unspecified atom stereocenters. The van der Waals surface area contributed by atoms with E-state index < -0.39 is 6.10 Å². The van der Waals surface area contributed by atoms with Crippen molar-refractivity contribution in [3.63, 3.8) is 0 Å². The molecule has 1 heterocycles. The third kappa shape index (κ3) is 8.85. The molecule has 1 aromatic carbocycles. The lowest BCUT2D eigenvalue weighted by Gasteiger charge is -2.15. The molecule has 0 saturated carbocycles. The molecule has 6 nitrogen and oxygen atoms in total. The van der Waals surface area contributed by atoms with Gasteiger partial charge in [-0.05, 0) is 37.6 Å². The average Bonchev–Trinajstić information content (AvgIpc) is 3.11. The van der Waals surface area contributed by atoms with Gasteiger partial charge in [-0.1, -0.05) is 6.92 Å². The van der Waals surface area contributed by atoms with Crippen molar-refractivity contribution in [3.05, 3.63) is 46.2 Å². The Morgan fingerprint density at radius 1 is 1.30 bits per heavy atom. The summed E-state index contributed by atoms with van der Waals surface area (Å²) in [5, 5.41) is 17.2. The van der Waals surface area contributed by atoms with Crippen LogP contribution in [-0.4, -0.2) is 41.9 Å². The Kier molecular flexibility index (Phi) is 11.2. The van der Waals surface area contributed by atoms with E-state index in [1.807, 2.05) is 13.1 Å². The number of nitrogens with zero attached hydrogens (tertiary/aromatic N) is 2.